The largest absolute Gasteiger partial charge is 0.544 e. The average molecular weight is 334 g/mol. The SMILES string of the molecule is O=C(C[C@@H]([NH2+]CCCO)C(=O)[O-])Nc1cccc(C(F)(F)F)c1. The van der Waals surface area contributed by atoms with Crippen LogP contribution in [0.1, 0.15) is 18.4 Å². The number of aliphatic hydroxyl groups is 1. The van der Waals surface area contributed by atoms with Crippen molar-refractivity contribution >= 4 is 17.6 Å². The third-order valence-corrected chi connectivity index (χ3v) is 3.00. The number of carbonyl (C=O) groups excluding carboxylic acids is 2. The van der Waals surface area contributed by atoms with Crippen molar-refractivity contribution in [3.63, 3.8) is 0 Å². The molecule has 128 valence electrons. The summed E-state index contributed by atoms with van der Waals surface area (Å²) in [5, 5.41) is 23.1. The number of nitrogens with one attached hydrogen (secondary N) is 1. The molecule has 0 aromatic heterocycles. The smallest absolute Gasteiger partial charge is 0.416 e. The van der Waals surface area contributed by atoms with E-state index >= 15 is 0 Å². The molecule has 6 nitrogen and oxygen atoms in total. The number of halogens is 3. The Labute approximate surface area is 130 Å². The predicted octanol–water partition coefficient (Wildman–Crippen LogP) is -0.902. The van der Waals surface area contributed by atoms with Crippen molar-refractivity contribution in [2.75, 3.05) is 18.5 Å². The lowest BCUT2D eigenvalue weighted by Gasteiger charge is -2.16. The number of benzene rings is 1. The fourth-order valence-electron chi connectivity index (χ4n) is 1.86. The van der Waals surface area contributed by atoms with E-state index in [1.54, 1.807) is 0 Å². The maximum atomic E-state index is 12.6. The fraction of sp³-hybridized carbons (Fsp3) is 0.429. The van der Waals surface area contributed by atoms with Gasteiger partial charge in [-0.2, -0.15) is 13.2 Å². The molecule has 0 unspecified atom stereocenters. The maximum absolute atomic E-state index is 12.6. The molecule has 1 rings (SSSR count). The van der Waals surface area contributed by atoms with Gasteiger partial charge in [0, 0.05) is 18.7 Å². The van der Waals surface area contributed by atoms with Crippen molar-refractivity contribution in [1.82, 2.24) is 0 Å². The first-order valence-corrected chi connectivity index (χ1v) is 6.86. The van der Waals surface area contributed by atoms with Gasteiger partial charge in [0.05, 0.1) is 24.5 Å². The van der Waals surface area contributed by atoms with E-state index in [1.807, 2.05) is 0 Å². The highest BCUT2D eigenvalue weighted by molar-refractivity contribution is 5.93. The Morgan fingerprint density at radius 1 is 1.35 bits per heavy atom. The number of anilines is 1. The molecule has 1 aromatic rings. The molecule has 0 aliphatic carbocycles. The minimum absolute atomic E-state index is 0.0720. The van der Waals surface area contributed by atoms with E-state index in [0.717, 1.165) is 18.2 Å². The van der Waals surface area contributed by atoms with Crippen LogP contribution in [-0.4, -0.2) is 36.2 Å². The molecule has 0 radical (unpaired) electrons. The van der Waals surface area contributed by atoms with E-state index in [-0.39, 0.29) is 18.8 Å². The van der Waals surface area contributed by atoms with E-state index < -0.39 is 36.1 Å². The Balaban J connectivity index is 2.66. The molecule has 1 amide bonds. The van der Waals surface area contributed by atoms with E-state index in [4.69, 9.17) is 5.11 Å². The first kappa shape index (κ1) is 18.9. The number of quaternary nitrogens is 1. The molecule has 23 heavy (non-hydrogen) atoms. The van der Waals surface area contributed by atoms with Gasteiger partial charge in [-0.3, -0.25) is 4.79 Å². The predicted molar refractivity (Wildman–Crippen MR) is 72.0 cm³/mol. The molecule has 1 aromatic carbocycles. The number of carboxylic acid groups (broad SMARTS) is 1. The molecule has 0 heterocycles. The van der Waals surface area contributed by atoms with Crippen LogP contribution >= 0.6 is 0 Å². The van der Waals surface area contributed by atoms with Gasteiger partial charge in [-0.05, 0) is 18.2 Å². The van der Waals surface area contributed by atoms with Crippen LogP contribution in [-0.2, 0) is 15.8 Å². The normalized spacial score (nSPS) is 12.7. The second-order valence-electron chi connectivity index (χ2n) is 4.86. The van der Waals surface area contributed by atoms with Crippen molar-refractivity contribution in [3.8, 4) is 0 Å². The summed E-state index contributed by atoms with van der Waals surface area (Å²) < 4.78 is 37.7. The summed E-state index contributed by atoms with van der Waals surface area (Å²) in [6.07, 6.45) is -4.64. The Morgan fingerprint density at radius 3 is 2.61 bits per heavy atom. The van der Waals surface area contributed by atoms with Crippen LogP contribution in [0, 0.1) is 0 Å². The van der Waals surface area contributed by atoms with Gasteiger partial charge in [0.15, 0.2) is 0 Å². The minimum Gasteiger partial charge on any atom is -0.544 e. The van der Waals surface area contributed by atoms with Gasteiger partial charge in [0.25, 0.3) is 0 Å². The van der Waals surface area contributed by atoms with Crippen molar-refractivity contribution in [2.45, 2.75) is 25.1 Å². The standard InChI is InChI=1S/C14H17F3N2O4/c15-14(16,17)9-3-1-4-10(7-9)19-12(21)8-11(13(22)23)18-5-2-6-20/h1,3-4,7,11,18,20H,2,5-6,8H2,(H,19,21)(H,22,23)/t11-/m1/s1. The third-order valence-electron chi connectivity index (χ3n) is 3.00. The number of nitrogens with two attached hydrogens (primary N) is 1. The summed E-state index contributed by atoms with van der Waals surface area (Å²) in [6, 6.07) is 2.87. The number of amides is 1. The van der Waals surface area contributed by atoms with Crippen LogP contribution in [0.4, 0.5) is 18.9 Å². The summed E-state index contributed by atoms with van der Waals surface area (Å²) in [7, 11) is 0. The third kappa shape index (κ3) is 6.66. The van der Waals surface area contributed by atoms with Crippen LogP contribution in [0.5, 0.6) is 0 Å². The first-order chi connectivity index (χ1) is 10.7. The number of hydrogen-bond donors (Lipinski definition) is 3. The quantitative estimate of drug-likeness (QED) is 0.536. The number of alkyl halides is 3. The van der Waals surface area contributed by atoms with E-state index in [2.05, 4.69) is 5.32 Å². The number of rotatable bonds is 8. The zero-order chi connectivity index (χ0) is 17.5. The molecule has 4 N–H and O–H groups in total. The topological polar surface area (TPSA) is 106 Å². The van der Waals surface area contributed by atoms with Crippen LogP contribution in [0.15, 0.2) is 24.3 Å². The Hall–Kier alpha value is -2.13. The second kappa shape index (κ2) is 8.49. The molecular weight excluding hydrogens is 317 g/mol. The van der Waals surface area contributed by atoms with Gasteiger partial charge in [0.1, 0.15) is 6.04 Å². The number of carbonyl (C=O) groups is 2. The minimum atomic E-state index is -4.54. The summed E-state index contributed by atoms with van der Waals surface area (Å²) in [5.41, 5.74) is -0.987. The zero-order valence-corrected chi connectivity index (χ0v) is 12.1. The number of carboxylic acids is 1. The summed E-state index contributed by atoms with van der Waals surface area (Å²) >= 11 is 0. The van der Waals surface area contributed by atoms with Gasteiger partial charge in [-0.15, -0.1) is 0 Å². The Morgan fingerprint density at radius 2 is 2.04 bits per heavy atom. The van der Waals surface area contributed by atoms with Crippen LogP contribution < -0.4 is 15.7 Å². The van der Waals surface area contributed by atoms with E-state index in [9.17, 15) is 27.9 Å². The van der Waals surface area contributed by atoms with Gasteiger partial charge in [-0.1, -0.05) is 6.07 Å². The molecule has 0 fully saturated rings. The summed E-state index contributed by atoms with van der Waals surface area (Å²) in [4.78, 5) is 22.7. The molecule has 0 saturated heterocycles. The van der Waals surface area contributed by atoms with Gasteiger partial charge in [-0.25, -0.2) is 0 Å². The zero-order valence-electron chi connectivity index (χ0n) is 12.1. The molecule has 1 atom stereocenters. The lowest BCUT2D eigenvalue weighted by atomic mass is 10.1. The first-order valence-electron chi connectivity index (χ1n) is 6.86. The lowest BCUT2D eigenvalue weighted by Crippen LogP contribution is -2.93. The van der Waals surface area contributed by atoms with Crippen LogP contribution in [0.2, 0.25) is 0 Å². The van der Waals surface area contributed by atoms with Crippen molar-refractivity contribution in [2.24, 2.45) is 0 Å². The highest BCUT2D eigenvalue weighted by atomic mass is 19.4. The molecule has 0 bridgehead atoms. The van der Waals surface area contributed by atoms with Gasteiger partial charge >= 0.3 is 6.18 Å². The molecule has 0 aliphatic rings. The highest BCUT2D eigenvalue weighted by Gasteiger charge is 2.30. The van der Waals surface area contributed by atoms with Crippen molar-refractivity contribution in [1.29, 1.82) is 0 Å². The molecule has 0 aliphatic heterocycles. The Kier molecular flexibility index (Phi) is 6.98. The van der Waals surface area contributed by atoms with Crippen molar-refractivity contribution in [3.05, 3.63) is 29.8 Å². The number of aliphatic hydroxyl groups excluding tert-OH is 1. The molecular formula is C14H17F3N2O4. The summed E-state index contributed by atoms with van der Waals surface area (Å²) in [5.74, 6) is -2.19. The van der Waals surface area contributed by atoms with Gasteiger partial charge < -0.3 is 25.6 Å². The maximum Gasteiger partial charge on any atom is 0.416 e. The van der Waals surface area contributed by atoms with E-state index in [0.29, 0.717) is 6.42 Å². The molecule has 9 heteroatoms. The monoisotopic (exact) mass is 334 g/mol. The lowest BCUT2D eigenvalue weighted by molar-refractivity contribution is -0.682. The molecule has 0 saturated carbocycles. The van der Waals surface area contributed by atoms with Crippen LogP contribution in [0.3, 0.4) is 0 Å². The Bertz CT molecular complexity index is 549. The highest BCUT2D eigenvalue weighted by Crippen LogP contribution is 2.30. The van der Waals surface area contributed by atoms with E-state index in [1.165, 1.54) is 11.4 Å². The second-order valence-corrected chi connectivity index (χ2v) is 4.86. The number of aliphatic carboxylic acids is 1. The number of hydrogen-bond acceptors (Lipinski definition) is 4. The fourth-order valence-corrected chi connectivity index (χ4v) is 1.86. The van der Waals surface area contributed by atoms with Crippen LogP contribution in [0.25, 0.3) is 0 Å². The van der Waals surface area contributed by atoms with Crippen molar-refractivity contribution < 1.29 is 38.3 Å². The summed E-state index contributed by atoms with van der Waals surface area (Å²) in [6.45, 7) is 0.165. The average Bonchev–Trinajstić information content (AvgIpc) is 2.45. The van der Waals surface area contributed by atoms with Gasteiger partial charge in [0.2, 0.25) is 5.91 Å². The molecule has 0 spiro atoms.